The third kappa shape index (κ3) is 1.85. The summed E-state index contributed by atoms with van der Waals surface area (Å²) in [4.78, 5) is 0. The Morgan fingerprint density at radius 3 is 2.09 bits per heavy atom. The largest absolute Gasteiger partial charge is 0.246 e. The number of alkyl halides is 1. The van der Waals surface area contributed by atoms with Crippen molar-refractivity contribution >= 4 is 23.2 Å². The van der Waals surface area contributed by atoms with Crippen LogP contribution in [-0.2, 0) is 6.67 Å². The van der Waals surface area contributed by atoms with Crippen LogP contribution >= 0.6 is 23.2 Å². The van der Waals surface area contributed by atoms with E-state index in [-0.39, 0.29) is 0 Å². The molecule has 0 amide bonds. The maximum absolute atomic E-state index is 12.2. The second-order valence-electron chi connectivity index (χ2n) is 2.34. The Balaban J connectivity index is 3.25. The first kappa shape index (κ1) is 8.82. The van der Waals surface area contributed by atoms with E-state index < -0.39 is 6.67 Å². The molecule has 0 unspecified atom stereocenters. The maximum Gasteiger partial charge on any atom is 0.117 e. The fourth-order valence-corrected chi connectivity index (χ4v) is 1.55. The average Bonchev–Trinajstić information content (AvgIpc) is 1.85. The number of hydrogen-bond donors (Lipinski definition) is 0. The number of benzene rings is 1. The molecule has 0 N–H and O–H groups in total. The Morgan fingerprint density at radius 2 is 1.73 bits per heavy atom. The molecular formula is C8H7Cl2F. The van der Waals surface area contributed by atoms with E-state index in [0.29, 0.717) is 15.6 Å². The van der Waals surface area contributed by atoms with Crippen molar-refractivity contribution in [3.63, 3.8) is 0 Å². The molecule has 0 spiro atoms. The van der Waals surface area contributed by atoms with Gasteiger partial charge >= 0.3 is 0 Å². The number of rotatable bonds is 1. The van der Waals surface area contributed by atoms with E-state index in [0.717, 1.165) is 5.56 Å². The van der Waals surface area contributed by atoms with E-state index >= 15 is 0 Å². The van der Waals surface area contributed by atoms with E-state index in [1.807, 2.05) is 6.92 Å². The van der Waals surface area contributed by atoms with E-state index in [1.54, 1.807) is 12.1 Å². The van der Waals surface area contributed by atoms with E-state index in [1.165, 1.54) is 0 Å². The molecule has 0 aliphatic heterocycles. The lowest BCUT2D eigenvalue weighted by Crippen LogP contribution is -1.84. The lowest BCUT2D eigenvalue weighted by atomic mass is 10.2. The Labute approximate surface area is 74.9 Å². The lowest BCUT2D eigenvalue weighted by Gasteiger charge is -2.02. The summed E-state index contributed by atoms with van der Waals surface area (Å²) in [5, 5.41) is 0.801. The van der Waals surface area contributed by atoms with Gasteiger partial charge in [0.15, 0.2) is 0 Å². The zero-order chi connectivity index (χ0) is 8.43. The zero-order valence-electron chi connectivity index (χ0n) is 6.00. The molecule has 0 nitrogen and oxygen atoms in total. The SMILES string of the molecule is Cc1cc(Cl)c(CF)c(Cl)c1. The van der Waals surface area contributed by atoms with Crippen LogP contribution < -0.4 is 0 Å². The summed E-state index contributed by atoms with van der Waals surface area (Å²) in [6.07, 6.45) is 0. The highest BCUT2D eigenvalue weighted by Gasteiger charge is 2.05. The Kier molecular flexibility index (Phi) is 2.74. The number of aryl methyl sites for hydroxylation is 1. The fourth-order valence-electron chi connectivity index (χ4n) is 0.857. The van der Waals surface area contributed by atoms with Crippen molar-refractivity contribution < 1.29 is 4.39 Å². The molecule has 11 heavy (non-hydrogen) atoms. The third-order valence-corrected chi connectivity index (χ3v) is 2.09. The number of hydrogen-bond acceptors (Lipinski definition) is 0. The quantitative estimate of drug-likeness (QED) is 0.636. The normalized spacial score (nSPS) is 10.2. The van der Waals surface area contributed by atoms with Gasteiger partial charge in [0.2, 0.25) is 0 Å². The second-order valence-corrected chi connectivity index (χ2v) is 3.16. The van der Waals surface area contributed by atoms with Crippen LogP contribution in [0.2, 0.25) is 10.0 Å². The van der Waals surface area contributed by atoms with Crippen molar-refractivity contribution in [1.82, 2.24) is 0 Å². The minimum absolute atomic E-state index is 0.374. The molecule has 0 heterocycles. The summed E-state index contributed by atoms with van der Waals surface area (Å²) in [5.41, 5.74) is 1.32. The van der Waals surface area contributed by atoms with Gasteiger partial charge in [-0.2, -0.15) is 0 Å². The highest BCUT2D eigenvalue weighted by Crippen LogP contribution is 2.26. The molecule has 0 aromatic heterocycles. The third-order valence-electron chi connectivity index (χ3n) is 1.42. The van der Waals surface area contributed by atoms with Gasteiger partial charge in [0.05, 0.1) is 0 Å². The summed E-state index contributed by atoms with van der Waals surface area (Å²) < 4.78 is 12.2. The highest BCUT2D eigenvalue weighted by molar-refractivity contribution is 6.36. The van der Waals surface area contributed by atoms with Crippen molar-refractivity contribution in [3.05, 3.63) is 33.3 Å². The van der Waals surface area contributed by atoms with Gasteiger partial charge in [-0.15, -0.1) is 0 Å². The van der Waals surface area contributed by atoms with Crippen LogP contribution in [-0.4, -0.2) is 0 Å². The van der Waals surface area contributed by atoms with Crippen molar-refractivity contribution in [2.45, 2.75) is 13.6 Å². The molecule has 1 rings (SSSR count). The Hall–Kier alpha value is -0.270. The van der Waals surface area contributed by atoms with Gasteiger partial charge in [-0.25, -0.2) is 4.39 Å². The van der Waals surface area contributed by atoms with Crippen LogP contribution in [0.15, 0.2) is 12.1 Å². The molecule has 1 aromatic carbocycles. The second kappa shape index (κ2) is 3.42. The van der Waals surface area contributed by atoms with Gasteiger partial charge < -0.3 is 0 Å². The van der Waals surface area contributed by atoms with E-state index in [9.17, 15) is 4.39 Å². The average molecular weight is 193 g/mol. The van der Waals surface area contributed by atoms with Gasteiger partial charge in [-0.05, 0) is 24.6 Å². The molecule has 0 fully saturated rings. The van der Waals surface area contributed by atoms with Gasteiger partial charge in [-0.1, -0.05) is 23.2 Å². The molecule has 0 aliphatic carbocycles. The van der Waals surface area contributed by atoms with Crippen LogP contribution in [0.5, 0.6) is 0 Å². The molecule has 0 atom stereocenters. The van der Waals surface area contributed by atoms with Crippen LogP contribution in [0.3, 0.4) is 0 Å². The summed E-state index contributed by atoms with van der Waals surface area (Å²) in [6.45, 7) is 1.25. The van der Waals surface area contributed by atoms with E-state index in [4.69, 9.17) is 23.2 Å². The van der Waals surface area contributed by atoms with Gasteiger partial charge in [0, 0.05) is 15.6 Å². The minimum atomic E-state index is -0.613. The standard InChI is InChI=1S/C8H7Cl2F/c1-5-2-7(9)6(4-11)8(10)3-5/h2-3H,4H2,1H3. The first-order valence-corrected chi connectivity index (χ1v) is 3.91. The monoisotopic (exact) mass is 192 g/mol. The predicted molar refractivity (Wildman–Crippen MR) is 46.0 cm³/mol. The zero-order valence-corrected chi connectivity index (χ0v) is 7.51. The van der Waals surface area contributed by atoms with E-state index in [2.05, 4.69) is 0 Å². The predicted octanol–water partition coefficient (Wildman–Crippen LogP) is 3.77. The van der Waals surface area contributed by atoms with Crippen LogP contribution in [0.4, 0.5) is 4.39 Å². The first-order chi connectivity index (χ1) is 5.15. The number of halogens is 3. The molecule has 0 radical (unpaired) electrons. The van der Waals surface area contributed by atoms with Gasteiger partial charge in [0.1, 0.15) is 6.67 Å². The minimum Gasteiger partial charge on any atom is -0.246 e. The smallest absolute Gasteiger partial charge is 0.117 e. The van der Waals surface area contributed by atoms with Crippen LogP contribution in [0.1, 0.15) is 11.1 Å². The summed E-state index contributed by atoms with van der Waals surface area (Å²) >= 11 is 11.4. The summed E-state index contributed by atoms with van der Waals surface area (Å²) in [5.74, 6) is 0. The molecule has 0 saturated carbocycles. The molecule has 3 heteroatoms. The van der Waals surface area contributed by atoms with Crippen molar-refractivity contribution in [2.24, 2.45) is 0 Å². The Bertz CT molecular complexity index is 248. The van der Waals surface area contributed by atoms with Crippen LogP contribution in [0.25, 0.3) is 0 Å². The van der Waals surface area contributed by atoms with Crippen LogP contribution in [0, 0.1) is 6.92 Å². The molecule has 0 bridgehead atoms. The lowest BCUT2D eigenvalue weighted by molar-refractivity contribution is 0.485. The molecular weight excluding hydrogens is 186 g/mol. The molecule has 0 saturated heterocycles. The summed E-state index contributed by atoms with van der Waals surface area (Å²) in [7, 11) is 0. The fraction of sp³-hybridized carbons (Fsp3) is 0.250. The topological polar surface area (TPSA) is 0 Å². The molecule has 1 aromatic rings. The highest BCUT2D eigenvalue weighted by atomic mass is 35.5. The van der Waals surface area contributed by atoms with Crippen molar-refractivity contribution in [3.8, 4) is 0 Å². The van der Waals surface area contributed by atoms with Crippen molar-refractivity contribution in [2.75, 3.05) is 0 Å². The Morgan fingerprint density at radius 1 is 1.27 bits per heavy atom. The van der Waals surface area contributed by atoms with Crippen molar-refractivity contribution in [1.29, 1.82) is 0 Å². The van der Waals surface area contributed by atoms with Gasteiger partial charge in [0.25, 0.3) is 0 Å². The maximum atomic E-state index is 12.2. The molecule has 0 aliphatic rings. The van der Waals surface area contributed by atoms with Gasteiger partial charge in [-0.3, -0.25) is 0 Å². The summed E-state index contributed by atoms with van der Waals surface area (Å²) in [6, 6.07) is 3.39. The first-order valence-electron chi connectivity index (χ1n) is 3.15. The molecule has 60 valence electrons.